The number of halogens is 2. The average Bonchev–Trinajstić information content (AvgIpc) is 3.48. The highest BCUT2D eigenvalue weighted by Crippen LogP contribution is 2.62. The molecule has 42 heavy (non-hydrogen) atoms. The second kappa shape index (κ2) is 9.86. The summed E-state index contributed by atoms with van der Waals surface area (Å²) in [5, 5.41) is 3.57. The Morgan fingerprint density at radius 1 is 0.905 bits per heavy atom. The second-order valence-corrected chi connectivity index (χ2v) is 11.5. The van der Waals surface area contributed by atoms with E-state index < -0.39 is 29.2 Å². The van der Waals surface area contributed by atoms with Crippen molar-refractivity contribution in [2.45, 2.75) is 17.5 Å². The lowest BCUT2D eigenvalue weighted by Crippen LogP contribution is -2.49. The number of anilines is 1. The molecule has 1 fully saturated rings. The molecule has 0 bridgehead atoms. The van der Waals surface area contributed by atoms with E-state index >= 15 is 0 Å². The molecular formula is C34H24Cl2N2O4. The van der Waals surface area contributed by atoms with Crippen LogP contribution in [0.5, 0.6) is 5.75 Å². The largest absolute Gasteiger partial charge is 0.497 e. The summed E-state index contributed by atoms with van der Waals surface area (Å²) in [7, 11) is 1.53. The van der Waals surface area contributed by atoms with Crippen molar-refractivity contribution in [1.82, 2.24) is 4.90 Å². The predicted octanol–water partition coefficient (Wildman–Crippen LogP) is 6.98. The number of Topliss-reactive ketones (excluding diaryl/α,β-unsaturated/α-hetero) is 2. The van der Waals surface area contributed by atoms with Crippen molar-refractivity contribution < 1.29 is 19.1 Å². The molecule has 208 valence electrons. The molecule has 0 saturated carbocycles. The summed E-state index contributed by atoms with van der Waals surface area (Å²) in [6.45, 7) is 0. The number of nitrogens with zero attached hydrogens (tertiary/aromatic N) is 1. The first-order chi connectivity index (χ1) is 20.4. The smallest absolute Gasteiger partial charge is 0.238 e. The van der Waals surface area contributed by atoms with E-state index in [4.69, 9.17) is 27.9 Å². The van der Waals surface area contributed by atoms with Crippen molar-refractivity contribution in [3.63, 3.8) is 0 Å². The van der Waals surface area contributed by atoms with E-state index in [1.54, 1.807) is 36.4 Å². The molecule has 3 aliphatic heterocycles. The Labute approximate surface area is 252 Å². The molecule has 8 heteroatoms. The van der Waals surface area contributed by atoms with Crippen LogP contribution in [-0.4, -0.2) is 35.5 Å². The Kier molecular flexibility index (Phi) is 6.22. The summed E-state index contributed by atoms with van der Waals surface area (Å²) in [6, 6.07) is 25.0. The Bertz CT molecular complexity index is 1840. The fourth-order valence-electron chi connectivity index (χ4n) is 6.97. The number of nitrogens with one attached hydrogen (secondary N) is 1. The van der Waals surface area contributed by atoms with E-state index in [0.717, 1.165) is 11.1 Å². The molecule has 4 aromatic rings. The molecule has 7 rings (SSSR count). The summed E-state index contributed by atoms with van der Waals surface area (Å²) >= 11 is 12.8. The maximum Gasteiger partial charge on any atom is 0.238 e. The number of hydrogen-bond donors (Lipinski definition) is 1. The third-order valence-electron chi connectivity index (χ3n) is 8.67. The van der Waals surface area contributed by atoms with Gasteiger partial charge in [0, 0.05) is 28.0 Å². The van der Waals surface area contributed by atoms with Crippen LogP contribution in [0.25, 0.3) is 6.08 Å². The van der Waals surface area contributed by atoms with Gasteiger partial charge in [0.2, 0.25) is 5.91 Å². The Morgan fingerprint density at radius 2 is 1.69 bits per heavy atom. The monoisotopic (exact) mass is 594 g/mol. The van der Waals surface area contributed by atoms with E-state index in [1.165, 1.54) is 13.2 Å². The molecule has 0 radical (unpaired) electrons. The van der Waals surface area contributed by atoms with Crippen molar-refractivity contribution in [1.29, 1.82) is 0 Å². The van der Waals surface area contributed by atoms with Gasteiger partial charge in [-0.3, -0.25) is 14.4 Å². The van der Waals surface area contributed by atoms with E-state index in [2.05, 4.69) is 5.32 Å². The maximum absolute atomic E-state index is 14.9. The van der Waals surface area contributed by atoms with E-state index in [-0.39, 0.29) is 22.3 Å². The number of carbonyl (C=O) groups excluding carboxylic acids is 3. The van der Waals surface area contributed by atoms with Gasteiger partial charge >= 0.3 is 0 Å². The predicted molar refractivity (Wildman–Crippen MR) is 162 cm³/mol. The van der Waals surface area contributed by atoms with Gasteiger partial charge in [-0.05, 0) is 59.2 Å². The van der Waals surface area contributed by atoms with Crippen LogP contribution in [0.3, 0.4) is 0 Å². The number of amides is 1. The zero-order chi connectivity index (χ0) is 29.2. The normalized spacial score (nSPS) is 23.3. The number of rotatable bonds is 5. The third kappa shape index (κ3) is 3.68. The lowest BCUT2D eigenvalue weighted by Gasteiger charge is -2.38. The Hall–Kier alpha value is -4.39. The number of hydrogen-bond acceptors (Lipinski definition) is 5. The molecule has 1 saturated heterocycles. The summed E-state index contributed by atoms with van der Waals surface area (Å²) in [4.78, 5) is 45.9. The molecule has 6 nitrogen and oxygen atoms in total. The van der Waals surface area contributed by atoms with Gasteiger partial charge in [0.15, 0.2) is 11.6 Å². The minimum absolute atomic E-state index is 0.155. The zero-order valence-corrected chi connectivity index (χ0v) is 23.9. The lowest BCUT2D eigenvalue weighted by atomic mass is 9.62. The highest BCUT2D eigenvalue weighted by Gasteiger charge is 2.70. The van der Waals surface area contributed by atoms with Gasteiger partial charge in [-0.25, -0.2) is 0 Å². The number of methoxy groups -OCH3 is 1. The summed E-state index contributed by atoms with van der Waals surface area (Å²) in [5.74, 6) is -1.68. The van der Waals surface area contributed by atoms with Crippen molar-refractivity contribution in [2.75, 3.05) is 12.4 Å². The fraction of sp³-hybridized carbons (Fsp3) is 0.147. The maximum atomic E-state index is 14.9. The second-order valence-electron chi connectivity index (χ2n) is 10.7. The van der Waals surface area contributed by atoms with Gasteiger partial charge in [-0.1, -0.05) is 77.8 Å². The number of carbonyl (C=O) groups is 3. The number of fused-ring (bicyclic) bond motifs is 6. The quantitative estimate of drug-likeness (QED) is 0.252. The minimum atomic E-state index is -1.45. The van der Waals surface area contributed by atoms with Crippen LogP contribution in [0.15, 0.2) is 97.2 Å². The average molecular weight is 595 g/mol. The van der Waals surface area contributed by atoms with Crippen molar-refractivity contribution >= 4 is 52.4 Å². The molecule has 4 atom stereocenters. The summed E-state index contributed by atoms with van der Waals surface area (Å²) < 4.78 is 5.41. The Balaban J connectivity index is 1.54. The Morgan fingerprint density at radius 3 is 2.50 bits per heavy atom. The lowest BCUT2D eigenvalue weighted by molar-refractivity contribution is -0.122. The number of ether oxygens (including phenoxy) is 1. The topological polar surface area (TPSA) is 75.7 Å². The number of benzene rings is 4. The van der Waals surface area contributed by atoms with Crippen molar-refractivity contribution in [3.8, 4) is 5.75 Å². The van der Waals surface area contributed by atoms with E-state index in [9.17, 15) is 14.4 Å². The number of para-hydroxylation sites is 1. The SMILES string of the molecule is COc1cccc(C(=O)[C@@H]2[C@@H](C(=O)c3ccc(Cl)cc3Cl)[C@@]3(C(=O)Nc4ccccc43)[C@H]3c4ccccc4C=CN23)c1. The van der Waals surface area contributed by atoms with Crippen LogP contribution in [0.2, 0.25) is 10.0 Å². The molecule has 3 heterocycles. The molecular weight excluding hydrogens is 571 g/mol. The van der Waals surface area contributed by atoms with Crippen molar-refractivity contribution in [3.05, 3.63) is 135 Å². The highest BCUT2D eigenvalue weighted by molar-refractivity contribution is 6.37. The summed E-state index contributed by atoms with van der Waals surface area (Å²) in [5.41, 5.74) is 2.17. The van der Waals surface area contributed by atoms with Gasteiger partial charge in [-0.15, -0.1) is 0 Å². The third-order valence-corrected chi connectivity index (χ3v) is 9.22. The van der Waals surface area contributed by atoms with Crippen LogP contribution < -0.4 is 10.1 Å². The van der Waals surface area contributed by atoms with Crippen LogP contribution >= 0.6 is 23.2 Å². The van der Waals surface area contributed by atoms with Gasteiger partial charge in [-0.2, -0.15) is 0 Å². The van der Waals surface area contributed by atoms with Crippen molar-refractivity contribution in [2.24, 2.45) is 5.92 Å². The molecule has 0 aromatic heterocycles. The van der Waals surface area contributed by atoms with Gasteiger partial charge in [0.25, 0.3) is 0 Å². The number of ketones is 2. The highest BCUT2D eigenvalue weighted by atomic mass is 35.5. The van der Waals surface area contributed by atoms with E-state index in [1.807, 2.05) is 65.7 Å². The first-order valence-corrected chi connectivity index (χ1v) is 14.2. The van der Waals surface area contributed by atoms with Crippen LogP contribution in [0, 0.1) is 5.92 Å². The zero-order valence-electron chi connectivity index (χ0n) is 22.4. The molecule has 3 aliphatic rings. The minimum Gasteiger partial charge on any atom is -0.497 e. The molecule has 1 N–H and O–H groups in total. The van der Waals surface area contributed by atoms with E-state index in [0.29, 0.717) is 27.6 Å². The van der Waals surface area contributed by atoms with Gasteiger partial charge in [0.1, 0.15) is 17.2 Å². The van der Waals surface area contributed by atoms with Gasteiger partial charge in [0.05, 0.1) is 24.1 Å². The molecule has 4 aromatic carbocycles. The fourth-order valence-corrected chi connectivity index (χ4v) is 7.47. The molecule has 1 amide bonds. The molecule has 1 spiro atoms. The standard InChI is InChI=1S/C34H24Cl2N2O4/c1-42-22-9-6-8-20(17-22)30(39)29-28(31(40)24-14-13-21(35)18-26(24)36)34(25-11-4-5-12-27(25)37-33(34)41)32-23-10-3-2-7-19(23)15-16-38(29)32/h2-18,28-29,32H,1H3,(H,37,41)/t28-,29-,32+,34+/m0/s1. The van der Waals surface area contributed by atoms with Crippen LogP contribution in [0.4, 0.5) is 5.69 Å². The molecule has 0 aliphatic carbocycles. The first-order valence-electron chi connectivity index (χ1n) is 13.5. The van der Waals surface area contributed by atoms with Gasteiger partial charge < -0.3 is 15.0 Å². The first kappa shape index (κ1) is 26.5. The van der Waals surface area contributed by atoms with Crippen LogP contribution in [-0.2, 0) is 10.2 Å². The van der Waals surface area contributed by atoms with Crippen LogP contribution in [0.1, 0.15) is 43.4 Å². The molecule has 0 unspecified atom stereocenters. The summed E-state index contributed by atoms with van der Waals surface area (Å²) in [6.07, 6.45) is 3.76.